The number of anilines is 1. The van der Waals surface area contributed by atoms with E-state index in [1.54, 1.807) is 4.90 Å². The fourth-order valence-electron chi connectivity index (χ4n) is 3.05. The van der Waals surface area contributed by atoms with Crippen molar-refractivity contribution in [2.24, 2.45) is 4.99 Å². The van der Waals surface area contributed by atoms with Crippen LogP contribution in [-0.2, 0) is 4.79 Å². The number of rotatable bonds is 3. The van der Waals surface area contributed by atoms with Crippen LogP contribution in [0.4, 0.5) is 11.4 Å². The monoisotopic (exact) mass is 384 g/mol. The number of amidine groups is 1. The maximum absolute atomic E-state index is 13.2. The van der Waals surface area contributed by atoms with Gasteiger partial charge in [-0.25, -0.2) is 4.99 Å². The lowest BCUT2D eigenvalue weighted by Crippen LogP contribution is -2.28. The van der Waals surface area contributed by atoms with E-state index < -0.39 is 0 Å². The number of carbonyl (C=O) groups is 1. The van der Waals surface area contributed by atoms with E-state index in [0.29, 0.717) is 10.1 Å². The van der Waals surface area contributed by atoms with Gasteiger partial charge in [-0.15, -0.1) is 0 Å². The number of nitrogens with zero attached hydrogens (tertiary/aromatic N) is 2. The Hall–Kier alpha value is -3.11. The average molecular weight is 385 g/mol. The van der Waals surface area contributed by atoms with E-state index in [1.807, 2.05) is 98.8 Å². The summed E-state index contributed by atoms with van der Waals surface area (Å²) in [6, 6.07) is 25.8. The molecule has 0 saturated carbocycles. The van der Waals surface area contributed by atoms with Gasteiger partial charge in [0.2, 0.25) is 0 Å². The number of hydrogen-bond donors (Lipinski definition) is 0. The molecule has 138 valence electrons. The van der Waals surface area contributed by atoms with Crippen LogP contribution < -0.4 is 4.90 Å². The van der Waals surface area contributed by atoms with Crippen LogP contribution >= 0.6 is 11.8 Å². The smallest absolute Gasteiger partial charge is 0.268 e. The Labute approximate surface area is 169 Å². The van der Waals surface area contributed by atoms with Crippen LogP contribution in [0, 0.1) is 13.8 Å². The van der Waals surface area contributed by atoms with Gasteiger partial charge in [-0.3, -0.25) is 9.69 Å². The number of benzene rings is 3. The van der Waals surface area contributed by atoms with E-state index in [-0.39, 0.29) is 5.91 Å². The molecule has 0 spiro atoms. The van der Waals surface area contributed by atoms with E-state index in [9.17, 15) is 4.79 Å². The molecule has 0 aromatic heterocycles. The van der Waals surface area contributed by atoms with Crippen molar-refractivity contribution < 1.29 is 4.79 Å². The van der Waals surface area contributed by atoms with Crippen LogP contribution in [0.2, 0.25) is 0 Å². The Morgan fingerprint density at radius 3 is 2.29 bits per heavy atom. The lowest BCUT2D eigenvalue weighted by Gasteiger charge is -2.16. The second-order valence-corrected chi connectivity index (χ2v) is 7.74. The van der Waals surface area contributed by atoms with Crippen LogP contribution in [-0.4, -0.2) is 11.1 Å². The van der Waals surface area contributed by atoms with Crippen molar-refractivity contribution in [3.63, 3.8) is 0 Å². The number of aryl methyl sites for hydroxylation is 2. The molecular weight excluding hydrogens is 364 g/mol. The molecule has 28 heavy (non-hydrogen) atoms. The predicted octanol–water partition coefficient (Wildman–Crippen LogP) is 6.11. The molecule has 3 nitrogen and oxygen atoms in total. The van der Waals surface area contributed by atoms with Gasteiger partial charge in [-0.2, -0.15) is 0 Å². The summed E-state index contributed by atoms with van der Waals surface area (Å²) in [5, 5.41) is 0.670. The first-order valence-electron chi connectivity index (χ1n) is 9.11. The minimum Gasteiger partial charge on any atom is -0.268 e. The maximum Gasteiger partial charge on any atom is 0.271 e. The summed E-state index contributed by atoms with van der Waals surface area (Å²) in [6.07, 6.45) is 1.93. The summed E-state index contributed by atoms with van der Waals surface area (Å²) in [4.78, 5) is 20.4. The Morgan fingerprint density at radius 2 is 1.57 bits per heavy atom. The SMILES string of the molecule is Cc1cccc(N=C2S/C(=C\c3ccccc3)C(=O)N2c2cccc(C)c2)c1. The van der Waals surface area contributed by atoms with Crippen molar-refractivity contribution in [1.29, 1.82) is 0 Å². The van der Waals surface area contributed by atoms with Crippen LogP contribution in [0.3, 0.4) is 0 Å². The quantitative estimate of drug-likeness (QED) is 0.510. The molecule has 1 saturated heterocycles. The third-order valence-electron chi connectivity index (χ3n) is 4.39. The van der Waals surface area contributed by atoms with Crippen LogP contribution in [0.25, 0.3) is 6.08 Å². The van der Waals surface area contributed by atoms with Crippen LogP contribution in [0.5, 0.6) is 0 Å². The van der Waals surface area contributed by atoms with Gasteiger partial charge in [-0.05, 0) is 72.6 Å². The van der Waals surface area contributed by atoms with Crippen molar-refractivity contribution in [2.45, 2.75) is 13.8 Å². The minimum atomic E-state index is -0.0501. The average Bonchev–Trinajstić information content (AvgIpc) is 2.97. The highest BCUT2D eigenvalue weighted by atomic mass is 32.2. The molecule has 3 aromatic carbocycles. The first kappa shape index (κ1) is 18.3. The van der Waals surface area contributed by atoms with Gasteiger partial charge in [0.05, 0.1) is 16.3 Å². The number of amides is 1. The predicted molar refractivity (Wildman–Crippen MR) is 119 cm³/mol. The molecule has 1 aliphatic heterocycles. The second kappa shape index (κ2) is 7.87. The van der Waals surface area contributed by atoms with Gasteiger partial charge in [-0.1, -0.05) is 54.6 Å². The van der Waals surface area contributed by atoms with Crippen molar-refractivity contribution in [3.05, 3.63) is 100 Å². The largest absolute Gasteiger partial charge is 0.271 e. The zero-order valence-corrected chi connectivity index (χ0v) is 16.6. The summed E-state index contributed by atoms with van der Waals surface area (Å²) in [6.45, 7) is 4.06. The summed E-state index contributed by atoms with van der Waals surface area (Å²) in [5.41, 5.74) is 4.91. The van der Waals surface area contributed by atoms with E-state index in [2.05, 4.69) is 0 Å². The lowest BCUT2D eigenvalue weighted by molar-refractivity contribution is -0.113. The molecule has 1 heterocycles. The first-order valence-corrected chi connectivity index (χ1v) is 9.93. The summed E-state index contributed by atoms with van der Waals surface area (Å²) < 4.78 is 0. The number of aliphatic imine (C=N–C) groups is 1. The summed E-state index contributed by atoms with van der Waals surface area (Å²) in [5.74, 6) is -0.0501. The molecule has 0 bridgehead atoms. The first-order chi connectivity index (χ1) is 13.6. The second-order valence-electron chi connectivity index (χ2n) is 6.73. The summed E-state index contributed by atoms with van der Waals surface area (Å²) >= 11 is 1.41. The van der Waals surface area contributed by atoms with Gasteiger partial charge < -0.3 is 0 Å². The highest BCUT2D eigenvalue weighted by Crippen LogP contribution is 2.37. The number of hydrogen-bond acceptors (Lipinski definition) is 3. The highest BCUT2D eigenvalue weighted by Gasteiger charge is 2.34. The molecular formula is C24H20N2OS. The van der Waals surface area contributed by atoms with E-state index in [1.165, 1.54) is 11.8 Å². The zero-order chi connectivity index (χ0) is 19.5. The number of thioether (sulfide) groups is 1. The molecule has 1 aliphatic rings. The van der Waals surface area contributed by atoms with Gasteiger partial charge in [0.25, 0.3) is 5.91 Å². The molecule has 1 amide bonds. The van der Waals surface area contributed by atoms with Crippen molar-refractivity contribution in [2.75, 3.05) is 4.90 Å². The third kappa shape index (κ3) is 3.92. The molecule has 0 atom stereocenters. The zero-order valence-electron chi connectivity index (χ0n) is 15.8. The Bertz CT molecular complexity index is 1090. The highest BCUT2D eigenvalue weighted by molar-refractivity contribution is 8.19. The van der Waals surface area contributed by atoms with E-state index >= 15 is 0 Å². The lowest BCUT2D eigenvalue weighted by atomic mass is 10.2. The Balaban J connectivity index is 1.79. The molecule has 1 fully saturated rings. The van der Waals surface area contributed by atoms with E-state index in [0.717, 1.165) is 28.1 Å². The van der Waals surface area contributed by atoms with Gasteiger partial charge in [0.15, 0.2) is 5.17 Å². The molecule has 4 heteroatoms. The van der Waals surface area contributed by atoms with E-state index in [4.69, 9.17) is 4.99 Å². The standard InChI is InChI=1S/C24H20N2OS/c1-17-8-6-12-20(14-17)25-24-26(21-13-7-9-18(2)15-21)23(27)22(28-24)16-19-10-4-3-5-11-19/h3-16H,1-2H3/b22-16-,25-24?. The molecule has 0 unspecified atom stereocenters. The molecule has 4 rings (SSSR count). The topological polar surface area (TPSA) is 32.7 Å². The van der Waals surface area contributed by atoms with Gasteiger partial charge >= 0.3 is 0 Å². The third-order valence-corrected chi connectivity index (χ3v) is 5.36. The van der Waals surface area contributed by atoms with Crippen molar-refractivity contribution in [1.82, 2.24) is 0 Å². The molecule has 0 aliphatic carbocycles. The van der Waals surface area contributed by atoms with Crippen molar-refractivity contribution >= 4 is 40.3 Å². The van der Waals surface area contributed by atoms with Crippen LogP contribution in [0.15, 0.2) is 88.8 Å². The molecule has 0 N–H and O–H groups in total. The fraction of sp³-hybridized carbons (Fsp3) is 0.0833. The number of carbonyl (C=O) groups excluding carboxylic acids is 1. The Morgan fingerprint density at radius 1 is 0.857 bits per heavy atom. The van der Waals surface area contributed by atoms with Gasteiger partial charge in [0.1, 0.15) is 0 Å². The van der Waals surface area contributed by atoms with Crippen molar-refractivity contribution in [3.8, 4) is 0 Å². The van der Waals surface area contributed by atoms with Crippen LogP contribution in [0.1, 0.15) is 16.7 Å². The fourth-order valence-corrected chi connectivity index (χ4v) is 4.05. The minimum absolute atomic E-state index is 0.0501. The molecule has 0 radical (unpaired) electrons. The molecule has 3 aromatic rings. The normalized spacial score (nSPS) is 16.9. The summed E-state index contributed by atoms with van der Waals surface area (Å²) in [7, 11) is 0. The maximum atomic E-state index is 13.2. The van der Waals surface area contributed by atoms with Gasteiger partial charge in [0, 0.05) is 0 Å². The Kier molecular flexibility index (Phi) is 5.13.